The van der Waals surface area contributed by atoms with Crippen molar-refractivity contribution in [3.8, 4) is 11.5 Å². The second-order valence-electron chi connectivity index (χ2n) is 12.2. The number of likely N-dealkylation sites (N-methyl/N-ethyl adjacent to an activating group) is 1. The normalized spacial score (nSPS) is 18.7. The van der Waals surface area contributed by atoms with Gasteiger partial charge < -0.3 is 24.8 Å². The van der Waals surface area contributed by atoms with Crippen molar-refractivity contribution < 1.29 is 36.2 Å². The van der Waals surface area contributed by atoms with Crippen molar-refractivity contribution in [2.75, 3.05) is 25.5 Å². The van der Waals surface area contributed by atoms with Crippen LogP contribution in [0.15, 0.2) is 88.5 Å². The number of nitrogens with zero attached hydrogens (tertiary/aromatic N) is 2. The number of benzene rings is 3. The van der Waals surface area contributed by atoms with Crippen LogP contribution in [-0.4, -0.2) is 67.1 Å². The molecule has 1 aromatic heterocycles. The van der Waals surface area contributed by atoms with Crippen LogP contribution in [0.5, 0.6) is 11.5 Å². The summed E-state index contributed by atoms with van der Waals surface area (Å²) in [6.07, 6.45) is 1.48. The number of piperidine rings is 1. The molecule has 0 bridgehead atoms. The zero-order valence-electron chi connectivity index (χ0n) is 26.1. The average Bonchev–Trinajstić information content (AvgIpc) is 3.48. The SMILES string of the molecule is Cc1csc(S(=O)(=O)Oc2ccc(NC(=O)N(C(=O)[C@@H](N)Cc3ccc(O)cc3)[C@H]3CCC[N+](C)(Cc4ccc(F)cc4)C3)cc2)c1. The Labute approximate surface area is 277 Å². The van der Waals surface area contributed by atoms with Crippen LogP contribution in [0.25, 0.3) is 0 Å². The number of rotatable bonds is 10. The second kappa shape index (κ2) is 14.2. The zero-order valence-corrected chi connectivity index (χ0v) is 27.8. The minimum Gasteiger partial charge on any atom is -0.508 e. The van der Waals surface area contributed by atoms with Gasteiger partial charge in [-0.3, -0.25) is 9.69 Å². The van der Waals surface area contributed by atoms with Crippen LogP contribution >= 0.6 is 11.3 Å². The largest absolute Gasteiger partial charge is 0.508 e. The van der Waals surface area contributed by atoms with Crippen LogP contribution in [0.2, 0.25) is 0 Å². The number of nitrogens with one attached hydrogen (secondary N) is 1. The van der Waals surface area contributed by atoms with Gasteiger partial charge in [0.25, 0.3) is 0 Å². The first-order valence-corrected chi connectivity index (χ1v) is 17.4. The Hall–Kier alpha value is -4.30. The lowest BCUT2D eigenvalue weighted by Crippen LogP contribution is -2.62. The molecule has 0 radical (unpaired) electrons. The molecule has 3 aromatic carbocycles. The number of imide groups is 1. The van der Waals surface area contributed by atoms with E-state index in [1.165, 1.54) is 59.5 Å². The smallest absolute Gasteiger partial charge is 0.348 e. The van der Waals surface area contributed by atoms with Crippen LogP contribution in [0.1, 0.15) is 29.5 Å². The molecule has 1 saturated heterocycles. The number of aryl methyl sites for hydroxylation is 1. The van der Waals surface area contributed by atoms with E-state index in [0.717, 1.165) is 41.0 Å². The minimum atomic E-state index is -4.01. The number of carbonyl (C=O) groups excluding carboxylic acids is 2. The van der Waals surface area contributed by atoms with Crippen molar-refractivity contribution in [3.63, 3.8) is 0 Å². The minimum absolute atomic E-state index is 0.0686. The summed E-state index contributed by atoms with van der Waals surface area (Å²) in [5.74, 6) is -0.708. The number of hydrogen-bond acceptors (Lipinski definition) is 8. The summed E-state index contributed by atoms with van der Waals surface area (Å²) in [5, 5.41) is 14.1. The second-order valence-corrected chi connectivity index (χ2v) is 14.9. The molecule has 4 aromatic rings. The molecular weight excluding hydrogens is 644 g/mol. The highest BCUT2D eigenvalue weighted by molar-refractivity contribution is 7.89. The molecule has 1 fully saturated rings. The van der Waals surface area contributed by atoms with Gasteiger partial charge in [0.15, 0.2) is 4.21 Å². The van der Waals surface area contributed by atoms with Gasteiger partial charge in [0.1, 0.15) is 30.4 Å². The van der Waals surface area contributed by atoms with Crippen molar-refractivity contribution >= 4 is 39.1 Å². The Morgan fingerprint density at radius 2 is 1.74 bits per heavy atom. The van der Waals surface area contributed by atoms with Crippen LogP contribution in [0.3, 0.4) is 0 Å². The van der Waals surface area contributed by atoms with Gasteiger partial charge in [-0.25, -0.2) is 9.18 Å². The Morgan fingerprint density at radius 1 is 1.09 bits per heavy atom. The van der Waals surface area contributed by atoms with Crippen LogP contribution in [0.4, 0.5) is 14.9 Å². The van der Waals surface area contributed by atoms with E-state index in [-0.39, 0.29) is 27.9 Å². The number of nitrogens with two attached hydrogens (primary N) is 1. The van der Waals surface area contributed by atoms with Crippen LogP contribution in [-0.2, 0) is 27.9 Å². The van der Waals surface area contributed by atoms with Gasteiger partial charge in [0, 0.05) is 11.3 Å². The van der Waals surface area contributed by atoms with Gasteiger partial charge >= 0.3 is 16.1 Å². The molecule has 1 aliphatic heterocycles. The number of amides is 3. The molecule has 4 N–H and O–H groups in total. The number of hydrogen-bond donors (Lipinski definition) is 3. The highest BCUT2D eigenvalue weighted by Crippen LogP contribution is 2.28. The fourth-order valence-corrected chi connectivity index (χ4v) is 7.98. The number of aromatic hydroxyl groups is 1. The standard InChI is InChI=1S/C34H37FN4O6S2/c1-23-18-32(46-22-23)47(43,44)45-30-15-11-27(12-16-30)37-34(42)38(33(41)31(36)19-24-7-13-29(40)14-8-24)28-4-3-17-39(2,21-28)20-25-5-9-26(35)10-6-25/h5-16,18,22,28,31H,3-4,17,19-21,36H2,1-2H3,(H-,37,40,42)/p+1/t28-,31-,39?/m0/s1. The molecule has 2 heterocycles. The van der Waals surface area contributed by atoms with Gasteiger partial charge in [0.2, 0.25) is 5.91 Å². The van der Waals surface area contributed by atoms with Crippen LogP contribution in [0, 0.1) is 12.7 Å². The van der Waals surface area contributed by atoms with Crippen molar-refractivity contribution in [2.24, 2.45) is 5.73 Å². The van der Waals surface area contributed by atoms with E-state index in [4.69, 9.17) is 9.92 Å². The third-order valence-electron chi connectivity index (χ3n) is 8.16. The molecule has 0 saturated carbocycles. The first-order chi connectivity index (χ1) is 22.3. The quantitative estimate of drug-likeness (QED) is 0.150. The van der Waals surface area contributed by atoms with E-state index >= 15 is 0 Å². The lowest BCUT2D eigenvalue weighted by atomic mass is 9.98. The van der Waals surface area contributed by atoms with Crippen LogP contribution < -0.4 is 15.2 Å². The third kappa shape index (κ3) is 8.74. The highest BCUT2D eigenvalue weighted by atomic mass is 32.3. The number of likely N-dealkylation sites (tertiary alicyclic amines) is 1. The molecular formula is C34H38FN4O6S2+. The van der Waals surface area contributed by atoms with Crippen molar-refractivity contribution in [2.45, 2.75) is 49.0 Å². The maximum absolute atomic E-state index is 14.0. The molecule has 3 atom stereocenters. The molecule has 10 nitrogen and oxygen atoms in total. The molecule has 3 amide bonds. The molecule has 0 spiro atoms. The highest BCUT2D eigenvalue weighted by Gasteiger charge is 2.41. The summed E-state index contributed by atoms with van der Waals surface area (Å²) >= 11 is 1.07. The molecule has 248 valence electrons. The number of halogens is 1. The number of phenols is 1. The van der Waals surface area contributed by atoms with Gasteiger partial charge in [-0.05, 0) is 97.3 Å². The van der Waals surface area contributed by atoms with Crippen molar-refractivity contribution in [3.05, 3.63) is 107 Å². The third-order valence-corrected chi connectivity index (χ3v) is 10.9. The summed E-state index contributed by atoms with van der Waals surface area (Å²) in [6, 6.07) is 17.9. The summed E-state index contributed by atoms with van der Waals surface area (Å²) in [6.45, 7) is 3.66. The molecule has 5 rings (SSSR count). The predicted octanol–water partition coefficient (Wildman–Crippen LogP) is 5.41. The molecule has 1 aliphatic rings. The number of phenolic OH excluding ortho intramolecular Hbond substituents is 1. The number of thiophene rings is 1. The Bertz CT molecular complexity index is 1810. The predicted molar refractivity (Wildman–Crippen MR) is 178 cm³/mol. The van der Waals surface area contributed by atoms with E-state index in [1.807, 2.05) is 0 Å². The first-order valence-electron chi connectivity index (χ1n) is 15.2. The van der Waals surface area contributed by atoms with Crippen molar-refractivity contribution in [1.82, 2.24) is 4.90 Å². The van der Waals surface area contributed by atoms with E-state index in [1.54, 1.807) is 36.6 Å². The number of carbonyl (C=O) groups is 2. The van der Waals surface area contributed by atoms with Gasteiger partial charge in [-0.15, -0.1) is 11.3 Å². The van der Waals surface area contributed by atoms with E-state index in [0.29, 0.717) is 29.7 Å². The topological polar surface area (TPSA) is 139 Å². The van der Waals surface area contributed by atoms with E-state index in [2.05, 4.69) is 12.4 Å². The van der Waals surface area contributed by atoms with Gasteiger partial charge in [0.05, 0.1) is 25.7 Å². The van der Waals surface area contributed by atoms with E-state index < -0.39 is 34.1 Å². The fourth-order valence-electron chi connectivity index (χ4n) is 5.86. The lowest BCUT2D eigenvalue weighted by molar-refractivity contribution is -0.928. The number of anilines is 1. The average molecular weight is 682 g/mol. The van der Waals surface area contributed by atoms with Gasteiger partial charge in [-0.1, -0.05) is 24.3 Å². The maximum Gasteiger partial charge on any atom is 0.348 e. The van der Waals surface area contributed by atoms with Gasteiger partial charge in [-0.2, -0.15) is 8.42 Å². The first kappa shape index (κ1) is 34.0. The molecule has 0 aliphatic carbocycles. The van der Waals surface area contributed by atoms with Crippen molar-refractivity contribution in [1.29, 1.82) is 0 Å². The zero-order chi connectivity index (χ0) is 33.8. The maximum atomic E-state index is 14.0. The molecule has 13 heteroatoms. The lowest BCUT2D eigenvalue weighted by Gasteiger charge is -2.44. The number of quaternary nitrogens is 1. The summed E-state index contributed by atoms with van der Waals surface area (Å²) in [5.41, 5.74) is 9.23. The monoisotopic (exact) mass is 681 g/mol. The number of urea groups is 1. The summed E-state index contributed by atoms with van der Waals surface area (Å²) in [4.78, 5) is 29.1. The fraction of sp³-hybridized carbons (Fsp3) is 0.294. The Kier molecular flexibility index (Phi) is 10.3. The van der Waals surface area contributed by atoms with E-state index in [9.17, 15) is 27.5 Å². The molecule has 1 unspecified atom stereocenters. The molecule has 47 heavy (non-hydrogen) atoms. The summed E-state index contributed by atoms with van der Waals surface area (Å²) in [7, 11) is -1.96. The Balaban J connectivity index is 1.34. The summed E-state index contributed by atoms with van der Waals surface area (Å²) < 4.78 is 44.7. The Morgan fingerprint density at radius 3 is 2.38 bits per heavy atom.